The van der Waals surface area contributed by atoms with E-state index >= 15 is 0 Å². The molecule has 2 aromatic carbocycles. The Morgan fingerprint density at radius 2 is 1.72 bits per heavy atom. The number of carbonyl (C=O) groups excluding carboxylic acids is 2. The van der Waals surface area contributed by atoms with Crippen LogP contribution in [0.4, 0.5) is 19.3 Å². The number of anilines is 1. The van der Waals surface area contributed by atoms with Crippen LogP contribution in [0.5, 0.6) is 0 Å². The lowest BCUT2D eigenvalue weighted by molar-refractivity contribution is -0.133. The molecule has 0 atom stereocenters. The van der Waals surface area contributed by atoms with Gasteiger partial charge in [0.15, 0.2) is 0 Å². The number of nitrogens with one attached hydrogen (secondary N) is 1. The number of rotatable bonds is 12. The molecule has 0 bridgehead atoms. The highest BCUT2D eigenvalue weighted by molar-refractivity contribution is 5.92. The maximum absolute atomic E-state index is 14.1. The zero-order chi connectivity index (χ0) is 25.9. The van der Waals surface area contributed by atoms with Gasteiger partial charge in [0, 0.05) is 26.3 Å². The molecule has 7 nitrogen and oxygen atoms in total. The fraction of sp³-hybridized carbons (Fsp3) is 0.333. The van der Waals surface area contributed by atoms with Gasteiger partial charge in [-0.3, -0.25) is 4.79 Å². The lowest BCUT2D eigenvalue weighted by Crippen LogP contribution is -2.44. The van der Waals surface area contributed by atoms with Gasteiger partial charge in [0.05, 0.1) is 12.2 Å². The van der Waals surface area contributed by atoms with Gasteiger partial charge < -0.3 is 24.3 Å². The summed E-state index contributed by atoms with van der Waals surface area (Å²) in [5.41, 5.74) is 0.755. The summed E-state index contributed by atoms with van der Waals surface area (Å²) in [5.74, 6) is 0.0114. The van der Waals surface area contributed by atoms with Crippen molar-refractivity contribution in [1.29, 1.82) is 0 Å². The van der Waals surface area contributed by atoms with E-state index in [0.717, 1.165) is 5.56 Å². The van der Waals surface area contributed by atoms with Crippen molar-refractivity contribution in [3.05, 3.63) is 89.4 Å². The Labute approximate surface area is 209 Å². The molecule has 0 fully saturated rings. The van der Waals surface area contributed by atoms with E-state index in [1.165, 1.54) is 40.1 Å². The molecule has 0 aliphatic rings. The third-order valence-electron chi connectivity index (χ3n) is 5.43. The summed E-state index contributed by atoms with van der Waals surface area (Å²) in [6.45, 7) is 4.99. The molecule has 9 heteroatoms. The van der Waals surface area contributed by atoms with Crippen molar-refractivity contribution < 1.29 is 27.5 Å². The van der Waals surface area contributed by atoms with Crippen molar-refractivity contribution in [3.63, 3.8) is 0 Å². The first-order chi connectivity index (χ1) is 17.4. The second-order valence-corrected chi connectivity index (χ2v) is 8.27. The first-order valence-electron chi connectivity index (χ1n) is 11.8. The molecule has 0 saturated heterocycles. The molecule has 0 saturated carbocycles. The van der Waals surface area contributed by atoms with Crippen LogP contribution >= 0.6 is 0 Å². The van der Waals surface area contributed by atoms with Gasteiger partial charge in [-0.1, -0.05) is 24.3 Å². The Kier molecular flexibility index (Phi) is 10.00. The minimum atomic E-state index is -0.597. The molecule has 0 radical (unpaired) electrons. The summed E-state index contributed by atoms with van der Waals surface area (Å²) < 4.78 is 38.5. The molecule has 192 valence electrons. The smallest absolute Gasteiger partial charge is 0.322 e. The minimum Gasteiger partial charge on any atom is -0.464 e. The van der Waals surface area contributed by atoms with E-state index in [4.69, 9.17) is 9.15 Å². The zero-order valence-corrected chi connectivity index (χ0v) is 20.5. The van der Waals surface area contributed by atoms with Gasteiger partial charge in [0.1, 0.15) is 29.7 Å². The number of hydrogen-bond donors (Lipinski definition) is 1. The summed E-state index contributed by atoms with van der Waals surface area (Å²) in [6, 6.07) is 14.7. The second kappa shape index (κ2) is 13.4. The molecule has 0 aliphatic carbocycles. The van der Waals surface area contributed by atoms with Gasteiger partial charge in [0.2, 0.25) is 5.91 Å². The standard InChI is InChI=1S/C27H31F2N3O4/c1-3-35-16-6-15-31(27(34)30-25-8-5-4-7-24(25)29)19-26(33)32(18-23-14-9-20(2)36-23)17-21-10-12-22(28)13-11-21/h4-5,7-14H,3,6,15-19H2,1-2H3,(H,30,34). The van der Waals surface area contributed by atoms with E-state index in [0.29, 0.717) is 31.2 Å². The highest BCUT2D eigenvalue weighted by Crippen LogP contribution is 2.16. The van der Waals surface area contributed by atoms with Crippen molar-refractivity contribution in [2.24, 2.45) is 0 Å². The lowest BCUT2D eigenvalue weighted by atomic mass is 10.2. The highest BCUT2D eigenvalue weighted by atomic mass is 19.1. The molecule has 3 amide bonds. The van der Waals surface area contributed by atoms with Crippen molar-refractivity contribution in [2.45, 2.75) is 33.4 Å². The molecule has 0 spiro atoms. The van der Waals surface area contributed by atoms with Crippen LogP contribution in [-0.4, -0.2) is 48.0 Å². The number of aryl methyl sites for hydroxylation is 1. The summed E-state index contributed by atoms with van der Waals surface area (Å²) in [5, 5.41) is 2.54. The molecule has 1 heterocycles. The Morgan fingerprint density at radius 1 is 0.972 bits per heavy atom. The Balaban J connectivity index is 1.77. The largest absolute Gasteiger partial charge is 0.464 e. The maximum atomic E-state index is 14.1. The topological polar surface area (TPSA) is 75.0 Å². The van der Waals surface area contributed by atoms with E-state index < -0.39 is 11.8 Å². The predicted molar refractivity (Wildman–Crippen MR) is 132 cm³/mol. The Morgan fingerprint density at radius 3 is 2.39 bits per heavy atom. The number of para-hydroxylation sites is 1. The van der Waals surface area contributed by atoms with E-state index in [1.807, 2.05) is 13.8 Å². The SMILES string of the molecule is CCOCCCN(CC(=O)N(Cc1ccc(F)cc1)Cc1ccc(C)o1)C(=O)Nc1ccccc1F. The number of urea groups is 1. The summed E-state index contributed by atoms with van der Waals surface area (Å²) >= 11 is 0. The number of carbonyl (C=O) groups is 2. The Bertz CT molecular complexity index is 1130. The fourth-order valence-electron chi connectivity index (χ4n) is 3.58. The normalized spacial score (nSPS) is 10.8. The number of hydrogen-bond acceptors (Lipinski definition) is 4. The minimum absolute atomic E-state index is 0.0268. The van der Waals surface area contributed by atoms with Gasteiger partial charge in [-0.2, -0.15) is 0 Å². The van der Waals surface area contributed by atoms with Gasteiger partial charge in [-0.25, -0.2) is 13.6 Å². The quantitative estimate of drug-likeness (QED) is 0.341. The number of ether oxygens (including phenoxy) is 1. The number of benzene rings is 2. The van der Waals surface area contributed by atoms with Crippen molar-refractivity contribution in [1.82, 2.24) is 9.80 Å². The zero-order valence-electron chi connectivity index (χ0n) is 20.5. The van der Waals surface area contributed by atoms with Crippen LogP contribution in [0.3, 0.4) is 0 Å². The van der Waals surface area contributed by atoms with Crippen LogP contribution in [0.15, 0.2) is 65.1 Å². The Hall–Kier alpha value is -3.72. The van der Waals surface area contributed by atoms with E-state index in [2.05, 4.69) is 5.32 Å². The monoisotopic (exact) mass is 499 g/mol. The summed E-state index contributed by atoms with van der Waals surface area (Å²) in [4.78, 5) is 29.3. The molecular weight excluding hydrogens is 468 g/mol. The molecule has 3 aromatic rings. The highest BCUT2D eigenvalue weighted by Gasteiger charge is 2.23. The first-order valence-corrected chi connectivity index (χ1v) is 11.8. The second-order valence-electron chi connectivity index (χ2n) is 8.27. The number of amides is 3. The average molecular weight is 500 g/mol. The molecule has 1 N–H and O–H groups in total. The summed E-state index contributed by atoms with van der Waals surface area (Å²) in [6.07, 6.45) is 0.501. The summed E-state index contributed by atoms with van der Waals surface area (Å²) in [7, 11) is 0. The first kappa shape index (κ1) is 26.9. The fourth-order valence-corrected chi connectivity index (χ4v) is 3.58. The third kappa shape index (κ3) is 8.20. The van der Waals surface area contributed by atoms with Gasteiger partial charge >= 0.3 is 6.03 Å². The van der Waals surface area contributed by atoms with Crippen LogP contribution < -0.4 is 5.32 Å². The van der Waals surface area contributed by atoms with Crippen LogP contribution in [0, 0.1) is 18.6 Å². The molecule has 3 rings (SSSR count). The van der Waals surface area contributed by atoms with Crippen LogP contribution in [0.2, 0.25) is 0 Å². The molecule has 0 aliphatic heterocycles. The van der Waals surface area contributed by atoms with E-state index in [-0.39, 0.29) is 43.6 Å². The van der Waals surface area contributed by atoms with E-state index in [1.54, 1.807) is 30.3 Å². The molecule has 1 aromatic heterocycles. The molecule has 36 heavy (non-hydrogen) atoms. The van der Waals surface area contributed by atoms with Gasteiger partial charge in [0.25, 0.3) is 0 Å². The number of furan rings is 1. The average Bonchev–Trinajstić information content (AvgIpc) is 3.27. The van der Waals surface area contributed by atoms with Crippen LogP contribution in [0.25, 0.3) is 0 Å². The lowest BCUT2D eigenvalue weighted by Gasteiger charge is -2.27. The van der Waals surface area contributed by atoms with Crippen molar-refractivity contribution >= 4 is 17.6 Å². The van der Waals surface area contributed by atoms with Crippen LogP contribution in [0.1, 0.15) is 30.4 Å². The van der Waals surface area contributed by atoms with Crippen molar-refractivity contribution in [3.8, 4) is 0 Å². The van der Waals surface area contributed by atoms with Crippen molar-refractivity contribution in [2.75, 3.05) is 31.6 Å². The van der Waals surface area contributed by atoms with E-state index in [9.17, 15) is 18.4 Å². The van der Waals surface area contributed by atoms with Crippen LogP contribution in [-0.2, 0) is 22.6 Å². The third-order valence-corrected chi connectivity index (χ3v) is 5.43. The number of nitrogens with zero attached hydrogens (tertiary/aromatic N) is 2. The molecule has 0 unspecified atom stereocenters. The predicted octanol–water partition coefficient (Wildman–Crippen LogP) is 5.36. The van der Waals surface area contributed by atoms with Gasteiger partial charge in [-0.05, 0) is 62.2 Å². The number of halogens is 2. The van der Waals surface area contributed by atoms with Gasteiger partial charge in [-0.15, -0.1) is 0 Å². The molecular formula is C27H31F2N3O4. The maximum Gasteiger partial charge on any atom is 0.322 e.